The molecule has 0 aliphatic rings. The molecular formula is C22H22ClF3N4O3S. The third kappa shape index (κ3) is 6.31. The first kappa shape index (κ1) is 25.6. The van der Waals surface area contributed by atoms with Crippen LogP contribution < -0.4 is 5.32 Å². The molecule has 2 N–H and O–H groups in total. The smallest absolute Gasteiger partial charge is 0.420 e. The summed E-state index contributed by atoms with van der Waals surface area (Å²) in [4.78, 5) is 16.7. The lowest BCUT2D eigenvalue weighted by Crippen LogP contribution is -2.16. The standard InChI is InChI=1S/C13H6ClF3N2O3.C9H16N2S/c14-10-9(12(20)21)18-11-7(13(15,16)17)4-6(5-19(10)11)8-2-1-3-22-8;1-11(2)7-4-6-10-9-5-3-8-12-9/h1-5H,(H,20,21);3,5,8,10H,4,6-7H2,1-2H3. The molecule has 34 heavy (non-hydrogen) atoms. The molecule has 0 saturated heterocycles. The number of imidazole rings is 1. The van der Waals surface area contributed by atoms with Gasteiger partial charge in [-0.05, 0) is 62.8 Å². The molecule has 0 aliphatic heterocycles. The number of nitrogens with one attached hydrogen (secondary N) is 1. The first-order valence-corrected chi connectivity index (χ1v) is 11.3. The zero-order valence-electron chi connectivity index (χ0n) is 18.3. The first-order chi connectivity index (χ1) is 16.1. The van der Waals surface area contributed by atoms with Crippen molar-refractivity contribution in [2.75, 3.05) is 32.5 Å². The van der Waals surface area contributed by atoms with Gasteiger partial charge in [0.1, 0.15) is 10.9 Å². The highest BCUT2D eigenvalue weighted by Crippen LogP contribution is 2.37. The second-order valence-corrected chi connectivity index (χ2v) is 8.73. The van der Waals surface area contributed by atoms with E-state index in [1.807, 2.05) is 0 Å². The number of aromatic nitrogens is 2. The van der Waals surface area contributed by atoms with Crippen LogP contribution in [0.4, 0.5) is 18.2 Å². The number of thiophene rings is 1. The maximum Gasteiger partial charge on any atom is 0.420 e. The molecule has 182 valence electrons. The normalized spacial score (nSPS) is 11.5. The Morgan fingerprint density at radius 1 is 1.32 bits per heavy atom. The molecule has 0 aliphatic carbocycles. The Labute approximate surface area is 202 Å². The number of carboxylic acid groups (broad SMARTS) is 1. The number of alkyl halides is 3. The number of aromatic carboxylic acids is 1. The average molecular weight is 515 g/mol. The Morgan fingerprint density at radius 3 is 2.65 bits per heavy atom. The van der Waals surface area contributed by atoms with Crippen molar-refractivity contribution in [2.45, 2.75) is 12.6 Å². The lowest BCUT2D eigenvalue weighted by atomic mass is 10.1. The molecule has 0 atom stereocenters. The van der Waals surface area contributed by atoms with E-state index in [1.54, 1.807) is 11.3 Å². The van der Waals surface area contributed by atoms with Crippen LogP contribution in [0.5, 0.6) is 0 Å². The number of nitrogens with zero attached hydrogens (tertiary/aromatic N) is 3. The molecule has 0 unspecified atom stereocenters. The molecule has 4 aromatic rings. The number of hydrogen-bond donors (Lipinski definition) is 2. The number of carbonyl (C=O) groups is 1. The van der Waals surface area contributed by atoms with E-state index in [4.69, 9.17) is 21.1 Å². The van der Waals surface area contributed by atoms with Crippen LogP contribution in [0.2, 0.25) is 5.15 Å². The Balaban J connectivity index is 0.000000229. The van der Waals surface area contributed by atoms with Gasteiger partial charge in [-0.1, -0.05) is 11.6 Å². The predicted molar refractivity (Wildman–Crippen MR) is 126 cm³/mol. The number of furan rings is 1. The van der Waals surface area contributed by atoms with E-state index in [1.165, 1.54) is 36.0 Å². The van der Waals surface area contributed by atoms with Crippen molar-refractivity contribution in [3.05, 3.63) is 64.6 Å². The average Bonchev–Trinajstić information content (AvgIpc) is 3.52. The third-order valence-corrected chi connectivity index (χ3v) is 5.77. The van der Waals surface area contributed by atoms with Crippen LogP contribution in [0, 0.1) is 0 Å². The number of hydrogen-bond acceptors (Lipinski definition) is 6. The molecule has 0 spiro atoms. The third-order valence-electron chi connectivity index (χ3n) is 4.58. The SMILES string of the molecule is CN(C)CCCNc1cccs1.O=C(O)c1nc2c(C(F)(F)F)cc(-c3ccco3)cn2c1Cl. The van der Waals surface area contributed by atoms with Crippen LogP contribution in [0.3, 0.4) is 0 Å². The van der Waals surface area contributed by atoms with Crippen molar-refractivity contribution in [1.29, 1.82) is 0 Å². The summed E-state index contributed by atoms with van der Waals surface area (Å²) in [7, 11) is 4.20. The van der Waals surface area contributed by atoms with Crippen molar-refractivity contribution >= 4 is 39.6 Å². The van der Waals surface area contributed by atoms with Crippen LogP contribution in [0.25, 0.3) is 17.0 Å². The van der Waals surface area contributed by atoms with Gasteiger partial charge in [0.25, 0.3) is 0 Å². The number of anilines is 1. The van der Waals surface area contributed by atoms with E-state index in [2.05, 4.69) is 46.8 Å². The van der Waals surface area contributed by atoms with Gasteiger partial charge in [-0.3, -0.25) is 4.40 Å². The van der Waals surface area contributed by atoms with Crippen molar-refractivity contribution < 1.29 is 27.5 Å². The quantitative estimate of drug-likeness (QED) is 0.291. The van der Waals surface area contributed by atoms with Gasteiger partial charge >= 0.3 is 12.1 Å². The fraction of sp³-hybridized carbons (Fsp3) is 0.273. The molecule has 0 bridgehead atoms. The Hall–Kier alpha value is -3.02. The Morgan fingerprint density at radius 2 is 2.09 bits per heavy atom. The van der Waals surface area contributed by atoms with Gasteiger partial charge in [-0.15, -0.1) is 11.3 Å². The van der Waals surface area contributed by atoms with Crippen molar-refractivity contribution in [1.82, 2.24) is 14.3 Å². The molecule has 4 aromatic heterocycles. The van der Waals surface area contributed by atoms with Gasteiger partial charge in [0.05, 0.1) is 16.8 Å². The molecule has 0 aromatic carbocycles. The fourth-order valence-corrected chi connectivity index (χ4v) is 3.92. The van der Waals surface area contributed by atoms with Crippen LogP contribution in [-0.4, -0.2) is 52.5 Å². The second-order valence-electron chi connectivity index (χ2n) is 7.43. The van der Waals surface area contributed by atoms with E-state index in [-0.39, 0.29) is 11.3 Å². The van der Waals surface area contributed by atoms with E-state index < -0.39 is 34.2 Å². The van der Waals surface area contributed by atoms with Gasteiger partial charge in [0.2, 0.25) is 0 Å². The first-order valence-electron chi connectivity index (χ1n) is 10.1. The summed E-state index contributed by atoms with van der Waals surface area (Å²) >= 11 is 7.59. The molecule has 4 heterocycles. The molecular weight excluding hydrogens is 493 g/mol. The molecule has 0 amide bonds. The van der Waals surface area contributed by atoms with Crippen molar-refractivity contribution in [3.8, 4) is 11.3 Å². The maximum absolute atomic E-state index is 13.2. The highest BCUT2D eigenvalue weighted by Gasteiger charge is 2.36. The van der Waals surface area contributed by atoms with Crippen molar-refractivity contribution in [3.63, 3.8) is 0 Å². The number of rotatable bonds is 7. The van der Waals surface area contributed by atoms with Gasteiger partial charge in [-0.25, -0.2) is 9.78 Å². The minimum absolute atomic E-state index is 0.0982. The monoisotopic (exact) mass is 514 g/mol. The van der Waals surface area contributed by atoms with Crippen LogP contribution in [0.15, 0.2) is 52.6 Å². The van der Waals surface area contributed by atoms with E-state index in [0.717, 1.165) is 23.6 Å². The van der Waals surface area contributed by atoms with Gasteiger partial charge in [0.15, 0.2) is 11.3 Å². The highest BCUT2D eigenvalue weighted by atomic mass is 35.5. The lowest BCUT2D eigenvalue weighted by molar-refractivity contribution is -0.136. The second kappa shape index (κ2) is 10.9. The summed E-state index contributed by atoms with van der Waals surface area (Å²) in [5.74, 6) is -1.32. The highest BCUT2D eigenvalue weighted by molar-refractivity contribution is 7.14. The van der Waals surface area contributed by atoms with Gasteiger partial charge in [0, 0.05) is 18.3 Å². The van der Waals surface area contributed by atoms with E-state index in [0.29, 0.717) is 0 Å². The summed E-state index contributed by atoms with van der Waals surface area (Å²) in [6.45, 7) is 2.22. The van der Waals surface area contributed by atoms with Crippen LogP contribution >= 0.6 is 22.9 Å². The van der Waals surface area contributed by atoms with Gasteiger partial charge < -0.3 is 19.7 Å². The van der Waals surface area contributed by atoms with E-state index >= 15 is 0 Å². The largest absolute Gasteiger partial charge is 0.476 e. The zero-order valence-corrected chi connectivity index (χ0v) is 19.8. The van der Waals surface area contributed by atoms with Crippen LogP contribution in [0.1, 0.15) is 22.5 Å². The number of pyridine rings is 1. The van der Waals surface area contributed by atoms with Crippen molar-refractivity contribution in [2.24, 2.45) is 0 Å². The summed E-state index contributed by atoms with van der Waals surface area (Å²) < 4.78 is 45.6. The number of carboxylic acids is 1. The predicted octanol–water partition coefficient (Wildman–Crippen LogP) is 6.08. The molecule has 0 radical (unpaired) electrons. The minimum atomic E-state index is -4.73. The van der Waals surface area contributed by atoms with Gasteiger partial charge in [-0.2, -0.15) is 13.2 Å². The topological polar surface area (TPSA) is 83.0 Å². The minimum Gasteiger partial charge on any atom is -0.476 e. The summed E-state index contributed by atoms with van der Waals surface area (Å²) in [6, 6.07) is 8.01. The fourth-order valence-electron chi connectivity index (χ4n) is 3.03. The zero-order chi connectivity index (χ0) is 24.9. The van der Waals surface area contributed by atoms with E-state index in [9.17, 15) is 18.0 Å². The number of halogens is 4. The maximum atomic E-state index is 13.2. The summed E-state index contributed by atoms with van der Waals surface area (Å²) in [6.07, 6.45) is -0.977. The lowest BCUT2D eigenvalue weighted by Gasteiger charge is -2.10. The molecule has 0 saturated carbocycles. The Bertz CT molecular complexity index is 1220. The molecule has 12 heteroatoms. The summed E-state index contributed by atoms with van der Waals surface area (Å²) in [5.41, 5.74) is -2.23. The Kier molecular flexibility index (Phi) is 8.24. The van der Waals surface area contributed by atoms with Crippen LogP contribution in [-0.2, 0) is 6.18 Å². The molecule has 4 rings (SSSR count). The molecule has 0 fully saturated rings. The number of fused-ring (bicyclic) bond motifs is 1. The molecule has 7 nitrogen and oxygen atoms in total. The summed E-state index contributed by atoms with van der Waals surface area (Å²) in [5, 5.41) is 15.3.